The van der Waals surface area contributed by atoms with Crippen LogP contribution in [-0.4, -0.2) is 27.8 Å². The molecule has 1 rings (SSSR count). The van der Waals surface area contributed by atoms with E-state index < -0.39 is 0 Å². The van der Waals surface area contributed by atoms with E-state index in [4.69, 9.17) is 0 Å². The molecule has 98 valence electrons. The highest BCUT2D eigenvalue weighted by Crippen LogP contribution is 2.20. The summed E-state index contributed by atoms with van der Waals surface area (Å²) in [5.74, 6) is 0.943. The summed E-state index contributed by atoms with van der Waals surface area (Å²) in [6.45, 7) is 4.92. The van der Waals surface area contributed by atoms with Gasteiger partial charge in [-0.05, 0) is 31.9 Å². The zero-order valence-corrected chi connectivity index (χ0v) is 11.8. The van der Waals surface area contributed by atoms with Gasteiger partial charge >= 0.3 is 0 Å². The van der Waals surface area contributed by atoms with E-state index in [0.717, 1.165) is 36.7 Å². The first-order chi connectivity index (χ1) is 8.76. The van der Waals surface area contributed by atoms with Crippen molar-refractivity contribution in [3.05, 3.63) is 18.5 Å². The summed E-state index contributed by atoms with van der Waals surface area (Å²) in [6.07, 6.45) is 6.19. The quantitative estimate of drug-likeness (QED) is 0.444. The third-order valence-corrected chi connectivity index (χ3v) is 3.82. The molecule has 1 N–H and O–H groups in total. The van der Waals surface area contributed by atoms with Gasteiger partial charge < -0.3 is 0 Å². The Morgan fingerprint density at radius 1 is 1.39 bits per heavy atom. The fourth-order valence-corrected chi connectivity index (χ4v) is 2.54. The van der Waals surface area contributed by atoms with Crippen molar-refractivity contribution >= 4 is 11.8 Å². The minimum Gasteiger partial charge on any atom is -0.300 e. The van der Waals surface area contributed by atoms with Crippen LogP contribution in [0.25, 0.3) is 0 Å². The molecule has 0 bridgehead atoms. The summed E-state index contributed by atoms with van der Waals surface area (Å²) in [7, 11) is 0. The zero-order chi connectivity index (χ0) is 13.3. The molecule has 0 aliphatic carbocycles. The SMILES string of the molecule is CCNC(C#N)(CC)CCCSc1ncccn1. The third-order valence-electron chi connectivity index (χ3n) is 2.85. The molecule has 5 heteroatoms. The fraction of sp³-hybridized carbons (Fsp3) is 0.615. The van der Waals surface area contributed by atoms with Crippen molar-refractivity contribution in [1.29, 1.82) is 5.26 Å². The van der Waals surface area contributed by atoms with Gasteiger partial charge in [0, 0.05) is 18.1 Å². The first kappa shape index (κ1) is 14.9. The maximum absolute atomic E-state index is 9.28. The van der Waals surface area contributed by atoms with Crippen LogP contribution < -0.4 is 5.32 Å². The van der Waals surface area contributed by atoms with Gasteiger partial charge in [-0.1, -0.05) is 25.6 Å². The lowest BCUT2D eigenvalue weighted by atomic mass is 9.92. The van der Waals surface area contributed by atoms with Crippen molar-refractivity contribution < 1.29 is 0 Å². The molecule has 1 aromatic rings. The molecule has 18 heavy (non-hydrogen) atoms. The molecule has 0 saturated carbocycles. The van der Waals surface area contributed by atoms with Gasteiger partial charge in [0.05, 0.1) is 6.07 Å². The van der Waals surface area contributed by atoms with Crippen LogP contribution in [-0.2, 0) is 0 Å². The van der Waals surface area contributed by atoms with Crippen LogP contribution in [0.5, 0.6) is 0 Å². The molecule has 4 nitrogen and oxygen atoms in total. The van der Waals surface area contributed by atoms with E-state index in [0.29, 0.717) is 0 Å². The minimum absolute atomic E-state index is 0.368. The lowest BCUT2D eigenvalue weighted by molar-refractivity contribution is 0.379. The van der Waals surface area contributed by atoms with Crippen LogP contribution in [0.15, 0.2) is 23.6 Å². The maximum atomic E-state index is 9.28. The molecule has 1 aromatic heterocycles. The van der Waals surface area contributed by atoms with Crippen molar-refractivity contribution in [2.45, 2.75) is 43.8 Å². The van der Waals surface area contributed by atoms with Gasteiger partial charge in [0.2, 0.25) is 0 Å². The zero-order valence-electron chi connectivity index (χ0n) is 11.0. The largest absolute Gasteiger partial charge is 0.300 e. The Labute approximate surface area is 113 Å². The molecular formula is C13H20N4S. The Balaban J connectivity index is 2.34. The second-order valence-electron chi connectivity index (χ2n) is 4.06. The average molecular weight is 264 g/mol. The highest BCUT2D eigenvalue weighted by molar-refractivity contribution is 7.99. The molecule has 0 amide bonds. The van der Waals surface area contributed by atoms with E-state index in [9.17, 15) is 5.26 Å². The molecule has 0 spiro atoms. The topological polar surface area (TPSA) is 61.6 Å². The molecule has 0 saturated heterocycles. The second kappa shape index (κ2) is 8.06. The van der Waals surface area contributed by atoms with E-state index in [1.807, 2.05) is 13.0 Å². The second-order valence-corrected chi connectivity index (χ2v) is 5.12. The predicted molar refractivity (Wildman–Crippen MR) is 74.3 cm³/mol. The number of nitrogens with zero attached hydrogens (tertiary/aromatic N) is 3. The standard InChI is InChI=1S/C13H20N4S/c1-3-13(11-14,17-4-2)7-5-10-18-12-15-8-6-9-16-12/h6,8-9,17H,3-5,7,10H2,1-2H3. The lowest BCUT2D eigenvalue weighted by Crippen LogP contribution is -2.43. The van der Waals surface area contributed by atoms with Crippen LogP contribution in [0.2, 0.25) is 0 Å². The third kappa shape index (κ3) is 4.63. The van der Waals surface area contributed by atoms with Gasteiger partial charge in [-0.25, -0.2) is 9.97 Å². The Hall–Kier alpha value is -1.12. The van der Waals surface area contributed by atoms with Crippen LogP contribution in [0, 0.1) is 11.3 Å². The van der Waals surface area contributed by atoms with Gasteiger partial charge in [0.25, 0.3) is 0 Å². The summed E-state index contributed by atoms with van der Waals surface area (Å²) in [5.41, 5.74) is -0.368. The Morgan fingerprint density at radius 2 is 2.11 bits per heavy atom. The normalized spacial score (nSPS) is 13.8. The summed E-state index contributed by atoms with van der Waals surface area (Å²) in [6, 6.07) is 4.23. The lowest BCUT2D eigenvalue weighted by Gasteiger charge is -2.25. The first-order valence-corrected chi connectivity index (χ1v) is 7.31. The van der Waals surface area contributed by atoms with E-state index in [-0.39, 0.29) is 5.54 Å². The highest BCUT2D eigenvalue weighted by atomic mass is 32.2. The average Bonchev–Trinajstić information content (AvgIpc) is 2.43. The van der Waals surface area contributed by atoms with E-state index in [1.54, 1.807) is 24.2 Å². The van der Waals surface area contributed by atoms with E-state index in [1.165, 1.54) is 0 Å². The Bertz CT molecular complexity index is 376. The molecule has 0 aliphatic heterocycles. The predicted octanol–water partition coefficient (Wildman–Crippen LogP) is 2.63. The van der Waals surface area contributed by atoms with Gasteiger partial charge in [0.1, 0.15) is 5.54 Å². The highest BCUT2D eigenvalue weighted by Gasteiger charge is 2.25. The summed E-state index contributed by atoms with van der Waals surface area (Å²) >= 11 is 1.64. The smallest absolute Gasteiger partial charge is 0.187 e. The van der Waals surface area contributed by atoms with Crippen LogP contribution in [0.3, 0.4) is 0 Å². The van der Waals surface area contributed by atoms with E-state index in [2.05, 4.69) is 28.3 Å². The Morgan fingerprint density at radius 3 is 2.67 bits per heavy atom. The summed E-state index contributed by atoms with van der Waals surface area (Å²) < 4.78 is 0. The summed E-state index contributed by atoms with van der Waals surface area (Å²) in [5, 5.41) is 13.4. The van der Waals surface area contributed by atoms with Crippen molar-refractivity contribution in [3.8, 4) is 6.07 Å². The van der Waals surface area contributed by atoms with Crippen molar-refractivity contribution in [1.82, 2.24) is 15.3 Å². The van der Waals surface area contributed by atoms with Gasteiger partial charge in [-0.3, -0.25) is 5.32 Å². The number of aromatic nitrogens is 2. The minimum atomic E-state index is -0.368. The number of hydrogen-bond donors (Lipinski definition) is 1. The molecule has 0 fully saturated rings. The maximum Gasteiger partial charge on any atom is 0.187 e. The molecule has 0 aliphatic rings. The number of thioether (sulfide) groups is 1. The fourth-order valence-electron chi connectivity index (χ4n) is 1.80. The molecular weight excluding hydrogens is 244 g/mol. The number of nitrogens with one attached hydrogen (secondary N) is 1. The molecule has 0 aromatic carbocycles. The summed E-state index contributed by atoms with van der Waals surface area (Å²) in [4.78, 5) is 8.32. The molecule has 1 unspecified atom stereocenters. The molecule has 0 radical (unpaired) electrons. The number of nitriles is 1. The monoisotopic (exact) mass is 264 g/mol. The molecule has 1 heterocycles. The van der Waals surface area contributed by atoms with Crippen molar-refractivity contribution in [3.63, 3.8) is 0 Å². The van der Waals surface area contributed by atoms with Gasteiger partial charge in [-0.2, -0.15) is 5.26 Å². The van der Waals surface area contributed by atoms with Gasteiger partial charge in [-0.15, -0.1) is 0 Å². The van der Waals surface area contributed by atoms with Crippen LogP contribution >= 0.6 is 11.8 Å². The van der Waals surface area contributed by atoms with Crippen LogP contribution in [0.1, 0.15) is 33.1 Å². The molecule has 1 atom stereocenters. The number of rotatable bonds is 8. The van der Waals surface area contributed by atoms with Crippen molar-refractivity contribution in [2.75, 3.05) is 12.3 Å². The number of hydrogen-bond acceptors (Lipinski definition) is 5. The van der Waals surface area contributed by atoms with Crippen molar-refractivity contribution in [2.24, 2.45) is 0 Å². The van der Waals surface area contributed by atoms with Crippen LogP contribution in [0.4, 0.5) is 0 Å². The van der Waals surface area contributed by atoms with Gasteiger partial charge in [0.15, 0.2) is 5.16 Å². The first-order valence-electron chi connectivity index (χ1n) is 6.32. The van der Waals surface area contributed by atoms with E-state index >= 15 is 0 Å². The Kier molecular flexibility index (Phi) is 6.69.